The third kappa shape index (κ3) is 5.23. The van der Waals surface area contributed by atoms with E-state index < -0.39 is 0 Å². The fourth-order valence-electron chi connectivity index (χ4n) is 1.97. The molecule has 2 aromatic carbocycles. The Hall–Kier alpha value is -1.02. The Balaban J connectivity index is 0.00000180. The van der Waals surface area contributed by atoms with Crippen LogP contribution in [0.5, 0.6) is 0 Å². The first kappa shape index (κ1) is 16.0. The van der Waals surface area contributed by atoms with Gasteiger partial charge in [0.1, 0.15) is 0 Å². The third-order valence-electron chi connectivity index (χ3n) is 2.98. The summed E-state index contributed by atoms with van der Waals surface area (Å²) in [5.41, 5.74) is 2.51. The van der Waals surface area contributed by atoms with Gasteiger partial charge in [-0.25, -0.2) is 0 Å². The summed E-state index contributed by atoms with van der Waals surface area (Å²) in [5.74, 6) is 0. The highest BCUT2D eigenvalue weighted by Gasteiger charge is 2.04. The monoisotopic (exact) mass is 295 g/mol. The van der Waals surface area contributed by atoms with Gasteiger partial charge in [0.05, 0.1) is 0 Å². The van der Waals surface area contributed by atoms with Crippen molar-refractivity contribution in [3.63, 3.8) is 0 Å². The second-order valence-corrected chi connectivity index (χ2v) is 4.97. The lowest BCUT2D eigenvalue weighted by atomic mass is 10.1. The van der Waals surface area contributed by atoms with E-state index in [-0.39, 0.29) is 12.4 Å². The van der Waals surface area contributed by atoms with Crippen LogP contribution in [0, 0.1) is 0 Å². The maximum absolute atomic E-state index is 6.13. The summed E-state index contributed by atoms with van der Waals surface area (Å²) in [6.45, 7) is 3.01. The van der Waals surface area contributed by atoms with Crippen LogP contribution in [0.1, 0.15) is 18.1 Å². The number of hydrogen-bond acceptors (Lipinski definition) is 1. The van der Waals surface area contributed by atoms with E-state index in [9.17, 15) is 0 Å². The van der Waals surface area contributed by atoms with Gasteiger partial charge < -0.3 is 5.32 Å². The Labute approximate surface area is 126 Å². The predicted molar refractivity (Wildman–Crippen MR) is 85.1 cm³/mol. The second kappa shape index (κ2) is 8.21. The molecule has 0 fully saturated rings. The molecule has 2 rings (SSSR count). The Kier molecular flexibility index (Phi) is 6.93. The van der Waals surface area contributed by atoms with Crippen molar-refractivity contribution in [1.82, 2.24) is 5.32 Å². The van der Waals surface area contributed by atoms with Crippen LogP contribution in [0.4, 0.5) is 0 Å². The lowest BCUT2D eigenvalue weighted by Gasteiger charge is -2.14. The fraction of sp³-hybridized carbons (Fsp3) is 0.250. The van der Waals surface area contributed by atoms with Crippen molar-refractivity contribution in [1.29, 1.82) is 0 Å². The normalized spacial score (nSPS) is 11.7. The fourth-order valence-corrected chi connectivity index (χ4v) is 2.17. The molecule has 0 radical (unpaired) electrons. The van der Waals surface area contributed by atoms with Crippen LogP contribution in [0.2, 0.25) is 5.02 Å². The van der Waals surface area contributed by atoms with Crippen molar-refractivity contribution < 1.29 is 0 Å². The molecule has 0 saturated heterocycles. The highest BCUT2D eigenvalue weighted by molar-refractivity contribution is 6.31. The second-order valence-electron chi connectivity index (χ2n) is 4.56. The molecule has 0 heterocycles. The zero-order chi connectivity index (χ0) is 12.8. The van der Waals surface area contributed by atoms with Crippen LogP contribution < -0.4 is 5.32 Å². The standard InChI is InChI=1S/C16H18ClN.ClH/c1-13(11-14-7-3-2-4-8-14)18-12-15-9-5-6-10-16(15)17;/h2-10,13,18H,11-12H2,1H3;1H/t13-;/m1./s1. The SMILES string of the molecule is C[C@H](Cc1ccccc1)NCc1ccccc1Cl.Cl. The van der Waals surface area contributed by atoms with E-state index in [1.54, 1.807) is 0 Å². The van der Waals surface area contributed by atoms with Crippen molar-refractivity contribution in [3.05, 3.63) is 70.7 Å². The summed E-state index contributed by atoms with van der Waals surface area (Å²) >= 11 is 6.13. The minimum absolute atomic E-state index is 0. The summed E-state index contributed by atoms with van der Waals surface area (Å²) in [7, 11) is 0. The number of nitrogens with one attached hydrogen (secondary N) is 1. The Morgan fingerprint density at radius 2 is 1.63 bits per heavy atom. The van der Waals surface area contributed by atoms with E-state index in [2.05, 4.69) is 42.6 Å². The molecule has 0 bridgehead atoms. The molecule has 2 aromatic rings. The molecule has 0 unspecified atom stereocenters. The van der Waals surface area contributed by atoms with Gasteiger partial charge in [0.25, 0.3) is 0 Å². The zero-order valence-corrected chi connectivity index (χ0v) is 12.5. The number of benzene rings is 2. The molecule has 0 amide bonds. The van der Waals surface area contributed by atoms with Crippen LogP contribution >= 0.6 is 24.0 Å². The van der Waals surface area contributed by atoms with Crippen LogP contribution in [-0.4, -0.2) is 6.04 Å². The van der Waals surface area contributed by atoms with E-state index in [1.807, 2.05) is 24.3 Å². The Morgan fingerprint density at radius 1 is 1.00 bits per heavy atom. The van der Waals surface area contributed by atoms with Crippen molar-refractivity contribution in [3.8, 4) is 0 Å². The molecule has 102 valence electrons. The molecule has 0 aliphatic heterocycles. The van der Waals surface area contributed by atoms with E-state index in [0.29, 0.717) is 6.04 Å². The van der Waals surface area contributed by atoms with Gasteiger partial charge in [-0.1, -0.05) is 60.1 Å². The lowest BCUT2D eigenvalue weighted by molar-refractivity contribution is 0.545. The average molecular weight is 296 g/mol. The number of hydrogen-bond donors (Lipinski definition) is 1. The first-order chi connectivity index (χ1) is 8.75. The van der Waals surface area contributed by atoms with Gasteiger partial charge >= 0.3 is 0 Å². The van der Waals surface area contributed by atoms with Gasteiger partial charge in [-0.2, -0.15) is 0 Å². The molecular formula is C16H19Cl2N. The lowest BCUT2D eigenvalue weighted by Crippen LogP contribution is -2.27. The summed E-state index contributed by atoms with van der Waals surface area (Å²) in [6, 6.07) is 18.9. The van der Waals surface area contributed by atoms with Crippen molar-refractivity contribution in [2.24, 2.45) is 0 Å². The summed E-state index contributed by atoms with van der Waals surface area (Å²) in [4.78, 5) is 0. The quantitative estimate of drug-likeness (QED) is 0.857. The van der Waals surface area contributed by atoms with Crippen LogP contribution in [0.15, 0.2) is 54.6 Å². The van der Waals surface area contributed by atoms with Gasteiger partial charge in [-0.15, -0.1) is 12.4 Å². The minimum Gasteiger partial charge on any atom is -0.310 e. The minimum atomic E-state index is 0. The van der Waals surface area contributed by atoms with Gasteiger partial charge in [-0.05, 0) is 30.5 Å². The van der Waals surface area contributed by atoms with E-state index in [0.717, 1.165) is 23.6 Å². The molecule has 0 aliphatic carbocycles. The zero-order valence-electron chi connectivity index (χ0n) is 11.0. The molecular weight excluding hydrogens is 277 g/mol. The topological polar surface area (TPSA) is 12.0 Å². The molecule has 0 aromatic heterocycles. The first-order valence-corrected chi connectivity index (χ1v) is 6.64. The van der Waals surface area contributed by atoms with Crippen molar-refractivity contribution >= 4 is 24.0 Å². The molecule has 19 heavy (non-hydrogen) atoms. The van der Waals surface area contributed by atoms with Crippen molar-refractivity contribution in [2.75, 3.05) is 0 Å². The third-order valence-corrected chi connectivity index (χ3v) is 3.35. The predicted octanol–water partition coefficient (Wildman–Crippen LogP) is 4.48. The van der Waals surface area contributed by atoms with Gasteiger partial charge in [0.2, 0.25) is 0 Å². The van der Waals surface area contributed by atoms with Crippen LogP contribution in [0.25, 0.3) is 0 Å². The van der Waals surface area contributed by atoms with E-state index >= 15 is 0 Å². The number of rotatable bonds is 5. The largest absolute Gasteiger partial charge is 0.310 e. The highest BCUT2D eigenvalue weighted by Crippen LogP contribution is 2.14. The van der Waals surface area contributed by atoms with Gasteiger partial charge in [0, 0.05) is 17.6 Å². The Morgan fingerprint density at radius 3 is 2.32 bits per heavy atom. The van der Waals surface area contributed by atoms with Crippen LogP contribution in [0.3, 0.4) is 0 Å². The Bertz CT molecular complexity index is 485. The van der Waals surface area contributed by atoms with Crippen LogP contribution in [-0.2, 0) is 13.0 Å². The molecule has 1 atom stereocenters. The van der Waals surface area contributed by atoms with E-state index in [1.165, 1.54) is 5.56 Å². The van der Waals surface area contributed by atoms with Gasteiger partial charge in [0.15, 0.2) is 0 Å². The summed E-state index contributed by atoms with van der Waals surface area (Å²) < 4.78 is 0. The number of halogens is 2. The van der Waals surface area contributed by atoms with E-state index in [4.69, 9.17) is 11.6 Å². The summed E-state index contributed by atoms with van der Waals surface area (Å²) in [6.07, 6.45) is 1.03. The molecule has 0 saturated carbocycles. The smallest absolute Gasteiger partial charge is 0.0450 e. The van der Waals surface area contributed by atoms with Gasteiger partial charge in [-0.3, -0.25) is 0 Å². The average Bonchev–Trinajstić information content (AvgIpc) is 2.39. The maximum Gasteiger partial charge on any atom is 0.0450 e. The van der Waals surface area contributed by atoms with Crippen molar-refractivity contribution in [2.45, 2.75) is 25.9 Å². The highest BCUT2D eigenvalue weighted by atomic mass is 35.5. The first-order valence-electron chi connectivity index (χ1n) is 6.26. The molecule has 1 nitrogen and oxygen atoms in total. The molecule has 3 heteroatoms. The molecule has 0 aliphatic rings. The summed E-state index contributed by atoms with van der Waals surface area (Å²) in [5, 5.41) is 4.33. The molecule has 1 N–H and O–H groups in total. The molecule has 0 spiro atoms. The maximum atomic E-state index is 6.13.